The predicted molar refractivity (Wildman–Crippen MR) is 67.6 cm³/mol. The van der Waals surface area contributed by atoms with Gasteiger partial charge in [0.05, 0.1) is 11.1 Å². The molecule has 1 N–H and O–H groups in total. The maximum Gasteiger partial charge on any atom is 0.269 e. The molecule has 7 heteroatoms. The molecule has 7 nitrogen and oxygen atoms in total. The molecule has 1 aromatic heterocycles. The molecule has 2 aromatic rings. The normalized spacial score (nSPS) is 10.5. The largest absolute Gasteiger partial charge is 0.455 e. The molecule has 0 aliphatic carbocycles. The van der Waals surface area contributed by atoms with Crippen molar-refractivity contribution in [3.8, 4) is 11.3 Å². The molecule has 0 aliphatic heterocycles. The lowest BCUT2D eigenvalue weighted by atomic mass is 10.1. The summed E-state index contributed by atoms with van der Waals surface area (Å²) in [5.74, 6) is 1.02. The van der Waals surface area contributed by atoms with Crippen molar-refractivity contribution in [3.05, 3.63) is 52.3 Å². The summed E-state index contributed by atoms with van der Waals surface area (Å²) in [6.45, 7) is 0. The number of nitro benzene ring substituents is 1. The van der Waals surface area contributed by atoms with Crippen LogP contribution < -0.4 is 5.43 Å². The van der Waals surface area contributed by atoms with Crippen LogP contribution in [0.25, 0.3) is 11.3 Å². The van der Waals surface area contributed by atoms with Crippen molar-refractivity contribution in [2.75, 3.05) is 0 Å². The number of nitrogens with zero attached hydrogens (tertiary/aromatic N) is 2. The molecule has 0 aliphatic rings. The van der Waals surface area contributed by atoms with E-state index in [0.29, 0.717) is 23.5 Å². The summed E-state index contributed by atoms with van der Waals surface area (Å²) >= 11 is 0. The number of hydrogen-bond acceptors (Lipinski definition) is 5. The number of nitro groups is 1. The number of nitrogens with one attached hydrogen (secondary N) is 1. The highest BCUT2D eigenvalue weighted by Crippen LogP contribution is 2.23. The summed E-state index contributed by atoms with van der Waals surface area (Å²) in [7, 11) is 0. The highest BCUT2D eigenvalue weighted by molar-refractivity contribution is 5.77. The third-order valence-electron chi connectivity index (χ3n) is 2.31. The summed E-state index contributed by atoms with van der Waals surface area (Å²) in [6.07, 6.45) is 1.79. The Morgan fingerprint density at radius 1 is 1.21 bits per heavy atom. The van der Waals surface area contributed by atoms with E-state index in [9.17, 15) is 14.9 Å². The van der Waals surface area contributed by atoms with E-state index in [-0.39, 0.29) is 5.69 Å². The minimum Gasteiger partial charge on any atom is -0.455 e. The Balaban J connectivity index is 2.18. The lowest BCUT2D eigenvalue weighted by Gasteiger charge is -1.96. The van der Waals surface area contributed by atoms with Gasteiger partial charge < -0.3 is 4.42 Å². The second kappa shape index (κ2) is 5.58. The zero-order chi connectivity index (χ0) is 13.7. The maximum atomic E-state index is 10.5. The number of furan rings is 1. The second-order valence-corrected chi connectivity index (χ2v) is 3.51. The first kappa shape index (κ1) is 12.5. The zero-order valence-electron chi connectivity index (χ0n) is 9.65. The zero-order valence-corrected chi connectivity index (χ0v) is 9.65. The van der Waals surface area contributed by atoms with E-state index >= 15 is 0 Å². The SMILES string of the molecule is O=CNN=Cc1ccc(-c2ccc([N+](=O)[O-])cc2)o1. The van der Waals surface area contributed by atoms with E-state index in [4.69, 9.17) is 4.42 Å². The summed E-state index contributed by atoms with van der Waals surface area (Å²) < 4.78 is 5.44. The van der Waals surface area contributed by atoms with Crippen LogP contribution in [0.4, 0.5) is 5.69 Å². The summed E-state index contributed by atoms with van der Waals surface area (Å²) in [5, 5.41) is 14.1. The standard InChI is InChI=1S/C12H9N3O4/c16-8-14-13-7-11-5-6-12(19-11)9-1-3-10(4-2-9)15(17)18/h1-8H,(H,14,16). The molecule has 0 saturated heterocycles. The minimum absolute atomic E-state index is 0.0206. The quantitative estimate of drug-likeness (QED) is 0.384. The van der Waals surface area contributed by atoms with Crippen molar-refractivity contribution in [1.29, 1.82) is 0 Å². The van der Waals surface area contributed by atoms with Crippen molar-refractivity contribution in [1.82, 2.24) is 5.43 Å². The molecule has 0 unspecified atom stereocenters. The van der Waals surface area contributed by atoms with Crippen molar-refractivity contribution in [2.45, 2.75) is 0 Å². The topological polar surface area (TPSA) is 97.7 Å². The Morgan fingerprint density at radius 2 is 1.95 bits per heavy atom. The Hall–Kier alpha value is -2.96. The van der Waals surface area contributed by atoms with E-state index in [1.54, 1.807) is 24.3 Å². The predicted octanol–water partition coefficient (Wildman–Crippen LogP) is 1.93. The minimum atomic E-state index is -0.463. The molecule has 0 bridgehead atoms. The van der Waals surface area contributed by atoms with E-state index in [1.807, 2.05) is 0 Å². The highest BCUT2D eigenvalue weighted by atomic mass is 16.6. The van der Waals surface area contributed by atoms with E-state index in [2.05, 4.69) is 10.5 Å². The van der Waals surface area contributed by atoms with Crippen molar-refractivity contribution in [2.24, 2.45) is 5.10 Å². The first-order valence-electron chi connectivity index (χ1n) is 5.27. The molecule has 1 amide bonds. The Bertz CT molecular complexity index is 616. The Morgan fingerprint density at radius 3 is 2.58 bits per heavy atom. The van der Waals surface area contributed by atoms with Crippen LogP contribution in [0.1, 0.15) is 5.76 Å². The van der Waals surface area contributed by atoms with Gasteiger partial charge in [-0.15, -0.1) is 0 Å². The number of hydrazone groups is 1. The van der Waals surface area contributed by atoms with Gasteiger partial charge in [-0.1, -0.05) is 0 Å². The molecule has 0 spiro atoms. The van der Waals surface area contributed by atoms with Gasteiger partial charge in [0, 0.05) is 17.7 Å². The monoisotopic (exact) mass is 259 g/mol. The van der Waals surface area contributed by atoms with Gasteiger partial charge in [0.15, 0.2) is 0 Å². The third kappa shape index (κ3) is 3.03. The number of non-ortho nitro benzene ring substituents is 1. The summed E-state index contributed by atoms with van der Waals surface area (Å²) in [4.78, 5) is 20.1. The summed E-state index contributed by atoms with van der Waals surface area (Å²) in [5.41, 5.74) is 2.86. The maximum absolute atomic E-state index is 10.5. The molecule has 0 radical (unpaired) electrons. The van der Waals surface area contributed by atoms with Gasteiger partial charge >= 0.3 is 0 Å². The summed E-state index contributed by atoms with van der Waals surface area (Å²) in [6, 6.07) is 9.39. The molecular weight excluding hydrogens is 250 g/mol. The number of carbonyl (C=O) groups is 1. The average molecular weight is 259 g/mol. The molecule has 0 saturated carbocycles. The van der Waals surface area contributed by atoms with Crippen LogP contribution in [0.2, 0.25) is 0 Å². The molecule has 0 atom stereocenters. The number of carbonyl (C=O) groups excluding carboxylic acids is 1. The fourth-order valence-electron chi connectivity index (χ4n) is 1.46. The smallest absolute Gasteiger partial charge is 0.269 e. The third-order valence-corrected chi connectivity index (χ3v) is 2.31. The Kier molecular flexibility index (Phi) is 3.67. The highest BCUT2D eigenvalue weighted by Gasteiger charge is 2.07. The van der Waals surface area contributed by atoms with Crippen LogP contribution in [-0.2, 0) is 4.79 Å². The molecule has 1 heterocycles. The fourth-order valence-corrected chi connectivity index (χ4v) is 1.46. The van der Waals surface area contributed by atoms with Gasteiger partial charge in [-0.3, -0.25) is 14.9 Å². The number of hydrogen-bond donors (Lipinski definition) is 1. The molecular formula is C12H9N3O4. The molecule has 96 valence electrons. The van der Waals surface area contributed by atoms with E-state index in [0.717, 1.165) is 0 Å². The number of amides is 1. The number of rotatable bonds is 5. The Labute approximate surface area is 107 Å². The van der Waals surface area contributed by atoms with Crippen LogP contribution in [0.15, 0.2) is 45.9 Å². The van der Waals surface area contributed by atoms with Crippen molar-refractivity contribution >= 4 is 18.3 Å². The van der Waals surface area contributed by atoms with Crippen molar-refractivity contribution < 1.29 is 14.1 Å². The van der Waals surface area contributed by atoms with Crippen LogP contribution >= 0.6 is 0 Å². The average Bonchev–Trinajstić information content (AvgIpc) is 2.88. The van der Waals surface area contributed by atoms with E-state index in [1.165, 1.54) is 18.3 Å². The molecule has 1 aromatic carbocycles. The van der Waals surface area contributed by atoms with Crippen LogP contribution in [0.5, 0.6) is 0 Å². The lowest BCUT2D eigenvalue weighted by Crippen LogP contribution is -1.99. The molecule has 0 fully saturated rings. The van der Waals surface area contributed by atoms with Gasteiger partial charge in [-0.25, -0.2) is 5.43 Å². The van der Waals surface area contributed by atoms with Gasteiger partial charge in [0.1, 0.15) is 11.5 Å². The number of benzene rings is 1. The van der Waals surface area contributed by atoms with Crippen LogP contribution in [-0.4, -0.2) is 17.5 Å². The van der Waals surface area contributed by atoms with Gasteiger partial charge in [-0.05, 0) is 24.3 Å². The van der Waals surface area contributed by atoms with Crippen LogP contribution in [0, 0.1) is 10.1 Å². The second-order valence-electron chi connectivity index (χ2n) is 3.51. The van der Waals surface area contributed by atoms with E-state index < -0.39 is 4.92 Å². The first-order valence-corrected chi connectivity index (χ1v) is 5.27. The molecule has 2 rings (SSSR count). The van der Waals surface area contributed by atoms with Crippen molar-refractivity contribution in [3.63, 3.8) is 0 Å². The van der Waals surface area contributed by atoms with Gasteiger partial charge in [0.2, 0.25) is 6.41 Å². The van der Waals surface area contributed by atoms with Gasteiger partial charge in [0.25, 0.3) is 5.69 Å². The van der Waals surface area contributed by atoms with Crippen LogP contribution in [0.3, 0.4) is 0 Å². The molecule has 19 heavy (non-hydrogen) atoms. The lowest BCUT2D eigenvalue weighted by molar-refractivity contribution is -0.384. The first-order chi connectivity index (χ1) is 9.20. The van der Waals surface area contributed by atoms with Gasteiger partial charge in [-0.2, -0.15) is 5.10 Å². The fraction of sp³-hybridized carbons (Fsp3) is 0.